The summed E-state index contributed by atoms with van der Waals surface area (Å²) in [7, 11) is 0. The van der Waals surface area contributed by atoms with Gasteiger partial charge in [-0.2, -0.15) is 0 Å². The lowest BCUT2D eigenvalue weighted by atomic mass is 10.1. The maximum absolute atomic E-state index is 12.4. The van der Waals surface area contributed by atoms with E-state index in [-0.39, 0.29) is 11.8 Å². The van der Waals surface area contributed by atoms with E-state index in [4.69, 9.17) is 5.73 Å². The summed E-state index contributed by atoms with van der Waals surface area (Å²) < 4.78 is 0. The normalized spacial score (nSPS) is 14.8. The van der Waals surface area contributed by atoms with Crippen LogP contribution < -0.4 is 5.73 Å². The summed E-state index contributed by atoms with van der Waals surface area (Å²) in [4.78, 5) is 30.6. The Bertz CT molecular complexity index is 579. The fourth-order valence-corrected chi connectivity index (χ4v) is 3.11. The second-order valence-electron chi connectivity index (χ2n) is 6.42. The summed E-state index contributed by atoms with van der Waals surface area (Å²) in [5.74, 6) is 0.298. The Labute approximate surface area is 150 Å². The van der Waals surface area contributed by atoms with E-state index in [1.807, 2.05) is 34.1 Å². The van der Waals surface area contributed by atoms with Gasteiger partial charge in [0.25, 0.3) is 0 Å². The van der Waals surface area contributed by atoms with E-state index in [1.165, 1.54) is 0 Å². The van der Waals surface area contributed by atoms with Crippen molar-refractivity contribution < 1.29 is 9.59 Å². The second kappa shape index (κ2) is 9.42. The number of rotatable bonds is 7. The van der Waals surface area contributed by atoms with Crippen LogP contribution >= 0.6 is 0 Å². The first-order chi connectivity index (χ1) is 12.0. The first-order valence-electron chi connectivity index (χ1n) is 9.16. The van der Waals surface area contributed by atoms with Gasteiger partial charge in [-0.05, 0) is 31.1 Å². The van der Waals surface area contributed by atoms with Crippen LogP contribution in [0.25, 0.3) is 0 Å². The monoisotopic (exact) mass is 346 g/mol. The van der Waals surface area contributed by atoms with E-state index in [9.17, 15) is 9.59 Å². The lowest BCUT2D eigenvalue weighted by molar-refractivity contribution is -0.140. The van der Waals surface area contributed by atoms with Crippen molar-refractivity contribution in [2.24, 2.45) is 0 Å². The Morgan fingerprint density at radius 3 is 2.12 bits per heavy atom. The van der Waals surface area contributed by atoms with Gasteiger partial charge in [-0.15, -0.1) is 0 Å². The lowest BCUT2D eigenvalue weighted by Crippen LogP contribution is -2.52. The van der Waals surface area contributed by atoms with Crippen LogP contribution in [0.2, 0.25) is 0 Å². The fraction of sp³-hybridized carbons (Fsp3) is 0.579. The summed E-state index contributed by atoms with van der Waals surface area (Å²) in [5.41, 5.74) is 7.68. The first kappa shape index (κ1) is 19.2. The summed E-state index contributed by atoms with van der Waals surface area (Å²) in [6.07, 6.45) is 1.12. The molecule has 0 radical (unpaired) electrons. The van der Waals surface area contributed by atoms with Crippen molar-refractivity contribution in [3.05, 3.63) is 29.8 Å². The SMILES string of the molecule is CCN(CC)CC(=O)N1CCN(C(=O)CCc2ccccc2N)CC1. The van der Waals surface area contributed by atoms with E-state index in [2.05, 4.69) is 18.7 Å². The van der Waals surface area contributed by atoms with Crippen LogP contribution in [0, 0.1) is 0 Å². The molecule has 1 heterocycles. The molecule has 2 rings (SSSR count). The number of para-hydroxylation sites is 1. The molecule has 138 valence electrons. The van der Waals surface area contributed by atoms with E-state index < -0.39 is 0 Å². The van der Waals surface area contributed by atoms with Crippen molar-refractivity contribution >= 4 is 17.5 Å². The first-order valence-corrected chi connectivity index (χ1v) is 9.16. The fourth-order valence-electron chi connectivity index (χ4n) is 3.11. The van der Waals surface area contributed by atoms with Crippen LogP contribution in [0.4, 0.5) is 5.69 Å². The smallest absolute Gasteiger partial charge is 0.236 e. The maximum atomic E-state index is 12.4. The predicted molar refractivity (Wildman–Crippen MR) is 100 cm³/mol. The van der Waals surface area contributed by atoms with Crippen molar-refractivity contribution in [2.75, 3.05) is 51.5 Å². The van der Waals surface area contributed by atoms with Gasteiger partial charge in [0.05, 0.1) is 6.54 Å². The number of nitrogens with two attached hydrogens (primary N) is 1. The predicted octanol–water partition coefficient (Wildman–Crippen LogP) is 1.21. The van der Waals surface area contributed by atoms with Gasteiger partial charge < -0.3 is 15.5 Å². The number of nitrogens with zero attached hydrogens (tertiary/aromatic N) is 3. The molecule has 1 fully saturated rings. The highest BCUT2D eigenvalue weighted by atomic mass is 16.2. The largest absolute Gasteiger partial charge is 0.399 e. The number of anilines is 1. The number of hydrogen-bond acceptors (Lipinski definition) is 4. The standard InChI is InChI=1S/C19H30N4O2/c1-3-21(4-2)15-19(25)23-13-11-22(12-14-23)18(24)10-9-16-7-5-6-8-17(16)20/h5-8H,3-4,9-15,20H2,1-2H3. The third kappa shape index (κ3) is 5.46. The van der Waals surface area contributed by atoms with Crippen molar-refractivity contribution in [3.8, 4) is 0 Å². The Morgan fingerprint density at radius 1 is 1.00 bits per heavy atom. The molecule has 1 aliphatic rings. The number of carbonyl (C=O) groups is 2. The van der Waals surface area contributed by atoms with Crippen LogP contribution in [0.5, 0.6) is 0 Å². The van der Waals surface area contributed by atoms with Crippen molar-refractivity contribution in [1.82, 2.24) is 14.7 Å². The number of carbonyl (C=O) groups excluding carboxylic acids is 2. The maximum Gasteiger partial charge on any atom is 0.236 e. The Kier molecular flexibility index (Phi) is 7.25. The molecule has 25 heavy (non-hydrogen) atoms. The van der Waals surface area contributed by atoms with Crippen LogP contribution in [-0.2, 0) is 16.0 Å². The lowest BCUT2D eigenvalue weighted by Gasteiger charge is -2.35. The van der Waals surface area contributed by atoms with Crippen molar-refractivity contribution in [2.45, 2.75) is 26.7 Å². The average molecular weight is 346 g/mol. The van der Waals surface area contributed by atoms with Gasteiger partial charge in [0, 0.05) is 38.3 Å². The zero-order valence-corrected chi connectivity index (χ0v) is 15.4. The van der Waals surface area contributed by atoms with E-state index in [0.717, 1.165) is 24.3 Å². The summed E-state index contributed by atoms with van der Waals surface area (Å²) in [6, 6.07) is 7.66. The van der Waals surface area contributed by atoms with Crippen LogP contribution in [0.3, 0.4) is 0 Å². The molecule has 6 heteroatoms. The van der Waals surface area contributed by atoms with Gasteiger partial charge in [-0.25, -0.2) is 0 Å². The molecule has 1 aromatic rings. The quantitative estimate of drug-likeness (QED) is 0.754. The Morgan fingerprint density at radius 2 is 1.56 bits per heavy atom. The van der Waals surface area contributed by atoms with Crippen molar-refractivity contribution in [1.29, 1.82) is 0 Å². The van der Waals surface area contributed by atoms with E-state index in [0.29, 0.717) is 45.6 Å². The average Bonchev–Trinajstić information content (AvgIpc) is 2.65. The van der Waals surface area contributed by atoms with Crippen LogP contribution in [0.15, 0.2) is 24.3 Å². The molecule has 2 N–H and O–H groups in total. The van der Waals surface area contributed by atoms with Crippen LogP contribution in [0.1, 0.15) is 25.8 Å². The minimum atomic E-state index is 0.138. The number of nitrogen functional groups attached to an aromatic ring is 1. The molecule has 0 spiro atoms. The van der Waals surface area contributed by atoms with Crippen LogP contribution in [-0.4, -0.2) is 72.3 Å². The molecular formula is C19H30N4O2. The summed E-state index contributed by atoms with van der Waals surface area (Å²) in [5, 5.41) is 0. The molecule has 1 aliphatic heterocycles. The van der Waals surface area contributed by atoms with Gasteiger partial charge in [0.15, 0.2) is 0 Å². The third-order valence-corrected chi connectivity index (χ3v) is 4.90. The van der Waals surface area contributed by atoms with Crippen molar-refractivity contribution in [3.63, 3.8) is 0 Å². The zero-order valence-electron chi connectivity index (χ0n) is 15.4. The molecule has 0 bridgehead atoms. The minimum Gasteiger partial charge on any atom is -0.399 e. The zero-order chi connectivity index (χ0) is 18.2. The van der Waals surface area contributed by atoms with E-state index in [1.54, 1.807) is 0 Å². The number of amides is 2. The third-order valence-electron chi connectivity index (χ3n) is 4.90. The minimum absolute atomic E-state index is 0.138. The molecule has 0 aromatic heterocycles. The molecule has 0 atom stereocenters. The second-order valence-corrected chi connectivity index (χ2v) is 6.42. The van der Waals surface area contributed by atoms with Gasteiger partial charge in [0.2, 0.25) is 11.8 Å². The van der Waals surface area contributed by atoms with Gasteiger partial charge in [0.1, 0.15) is 0 Å². The highest BCUT2D eigenvalue weighted by Gasteiger charge is 2.24. The Hall–Kier alpha value is -2.08. The Balaban J connectivity index is 1.76. The molecule has 6 nitrogen and oxygen atoms in total. The van der Waals surface area contributed by atoms with Gasteiger partial charge >= 0.3 is 0 Å². The van der Waals surface area contributed by atoms with Gasteiger partial charge in [-0.1, -0.05) is 32.0 Å². The number of aryl methyl sites for hydroxylation is 1. The molecule has 1 aromatic carbocycles. The topological polar surface area (TPSA) is 69.9 Å². The summed E-state index contributed by atoms with van der Waals surface area (Å²) >= 11 is 0. The molecule has 0 saturated carbocycles. The van der Waals surface area contributed by atoms with E-state index >= 15 is 0 Å². The summed E-state index contributed by atoms with van der Waals surface area (Å²) in [6.45, 7) is 8.83. The number of benzene rings is 1. The van der Waals surface area contributed by atoms with Gasteiger partial charge in [-0.3, -0.25) is 14.5 Å². The molecule has 0 aliphatic carbocycles. The molecule has 1 saturated heterocycles. The number of piperazine rings is 1. The highest BCUT2D eigenvalue weighted by molar-refractivity contribution is 5.80. The number of hydrogen-bond donors (Lipinski definition) is 1. The number of likely N-dealkylation sites (N-methyl/N-ethyl adjacent to an activating group) is 1. The molecule has 0 unspecified atom stereocenters. The highest BCUT2D eigenvalue weighted by Crippen LogP contribution is 2.14. The molecule has 2 amide bonds. The molecular weight excluding hydrogens is 316 g/mol.